The molecule has 6 heteroatoms. The van der Waals surface area contributed by atoms with Gasteiger partial charge in [-0.25, -0.2) is 4.98 Å². The summed E-state index contributed by atoms with van der Waals surface area (Å²) in [5.41, 5.74) is 7.18. The summed E-state index contributed by atoms with van der Waals surface area (Å²) in [6.45, 7) is 7.47. The smallest absolute Gasteiger partial charge is 0.251 e. The molecule has 2 aromatic heterocycles. The molecule has 1 atom stereocenters. The fourth-order valence-electron chi connectivity index (χ4n) is 4.61. The number of rotatable bonds is 9. The van der Waals surface area contributed by atoms with Crippen molar-refractivity contribution in [2.24, 2.45) is 0 Å². The molecule has 1 unspecified atom stereocenters. The molecule has 1 fully saturated rings. The Hall–Kier alpha value is -2.57. The first-order chi connectivity index (χ1) is 17.0. The average molecular weight is 492 g/mol. The zero-order valence-electron chi connectivity index (χ0n) is 21.2. The first-order valence-corrected chi connectivity index (χ1v) is 13.7. The minimum Gasteiger partial charge on any atom is -0.378 e. The third kappa shape index (κ3) is 7.21. The van der Waals surface area contributed by atoms with E-state index < -0.39 is 0 Å². The van der Waals surface area contributed by atoms with Crippen molar-refractivity contribution in [3.8, 4) is 10.6 Å². The Labute approximate surface area is 213 Å². The van der Waals surface area contributed by atoms with E-state index in [4.69, 9.17) is 9.72 Å². The van der Waals surface area contributed by atoms with E-state index in [9.17, 15) is 4.79 Å². The second-order valence-electron chi connectivity index (χ2n) is 9.76. The zero-order valence-corrected chi connectivity index (χ0v) is 22.0. The van der Waals surface area contributed by atoms with Crippen LogP contribution in [0.1, 0.15) is 76.6 Å². The summed E-state index contributed by atoms with van der Waals surface area (Å²) < 4.78 is 5.95. The van der Waals surface area contributed by atoms with Crippen LogP contribution in [-0.2, 0) is 9.53 Å². The van der Waals surface area contributed by atoms with Gasteiger partial charge in [-0.1, -0.05) is 17.2 Å². The van der Waals surface area contributed by atoms with Crippen molar-refractivity contribution in [1.29, 1.82) is 0 Å². The summed E-state index contributed by atoms with van der Waals surface area (Å²) in [6, 6.07) is 4.07. The number of carbonyl (C=O) groups excluding carboxylic acids is 1. The second-order valence-corrected chi connectivity index (χ2v) is 10.6. The van der Waals surface area contributed by atoms with Crippen LogP contribution in [0.2, 0.25) is 0 Å². The van der Waals surface area contributed by atoms with Crippen LogP contribution in [0, 0.1) is 6.92 Å². The van der Waals surface area contributed by atoms with E-state index in [0.717, 1.165) is 71.0 Å². The van der Waals surface area contributed by atoms with E-state index >= 15 is 0 Å². The average Bonchev–Trinajstić information content (AvgIpc) is 3.55. The number of amides is 1. The largest absolute Gasteiger partial charge is 0.378 e. The number of hydrogen-bond donors (Lipinski definition) is 1. The van der Waals surface area contributed by atoms with Crippen molar-refractivity contribution in [1.82, 2.24) is 15.3 Å². The van der Waals surface area contributed by atoms with E-state index in [1.54, 1.807) is 11.3 Å². The van der Waals surface area contributed by atoms with Gasteiger partial charge in [0.25, 0.3) is 5.91 Å². The number of nitrogens with one attached hydrogen (secondary N) is 1. The van der Waals surface area contributed by atoms with Gasteiger partial charge in [0.2, 0.25) is 0 Å². The maximum absolute atomic E-state index is 13.2. The second kappa shape index (κ2) is 12.4. The lowest BCUT2D eigenvalue weighted by Gasteiger charge is -2.15. The van der Waals surface area contributed by atoms with Crippen molar-refractivity contribution >= 4 is 22.8 Å². The predicted molar refractivity (Wildman–Crippen MR) is 144 cm³/mol. The summed E-state index contributed by atoms with van der Waals surface area (Å²) in [7, 11) is 0. The van der Waals surface area contributed by atoms with Gasteiger partial charge in [-0.15, -0.1) is 11.3 Å². The van der Waals surface area contributed by atoms with Crippen LogP contribution in [-0.4, -0.2) is 35.1 Å². The van der Waals surface area contributed by atoms with Crippen molar-refractivity contribution in [2.75, 3.05) is 13.2 Å². The normalized spacial score (nSPS) is 18.3. The summed E-state index contributed by atoms with van der Waals surface area (Å²) in [5.74, 6) is -0.00978. The SMILES string of the molecule is CC(C)=C(/C=C(\CC1CCCO1)c1csc(-c2ccc(C)nc2)n1)C(=O)NCCC1=CCCCC1. The van der Waals surface area contributed by atoms with Crippen LogP contribution >= 0.6 is 11.3 Å². The molecule has 1 saturated heterocycles. The number of pyridine rings is 1. The Morgan fingerprint density at radius 3 is 2.83 bits per heavy atom. The molecule has 0 aromatic carbocycles. The molecule has 0 bridgehead atoms. The van der Waals surface area contributed by atoms with Gasteiger partial charge in [-0.3, -0.25) is 9.78 Å². The highest BCUT2D eigenvalue weighted by Crippen LogP contribution is 2.32. The first kappa shape index (κ1) is 25.5. The molecule has 0 spiro atoms. The molecule has 1 N–H and O–H groups in total. The van der Waals surface area contributed by atoms with Gasteiger partial charge in [-0.2, -0.15) is 0 Å². The van der Waals surface area contributed by atoms with Crippen molar-refractivity contribution in [3.05, 3.63) is 64.0 Å². The first-order valence-electron chi connectivity index (χ1n) is 12.8. The van der Waals surface area contributed by atoms with Gasteiger partial charge in [0, 0.05) is 48.0 Å². The monoisotopic (exact) mass is 491 g/mol. The lowest BCUT2D eigenvalue weighted by molar-refractivity contribution is -0.117. The van der Waals surface area contributed by atoms with Crippen LogP contribution in [0.4, 0.5) is 0 Å². The fraction of sp³-hybridized carbons (Fsp3) is 0.483. The van der Waals surface area contributed by atoms with Gasteiger partial charge in [0.15, 0.2) is 0 Å². The molecule has 186 valence electrons. The Morgan fingerprint density at radius 2 is 2.14 bits per heavy atom. The molecule has 0 radical (unpaired) electrons. The number of thiazole rings is 1. The van der Waals surface area contributed by atoms with Crippen molar-refractivity contribution in [2.45, 2.75) is 78.2 Å². The molecule has 3 heterocycles. The number of nitrogens with zero attached hydrogens (tertiary/aromatic N) is 2. The van der Waals surface area contributed by atoms with Crippen molar-refractivity contribution < 1.29 is 9.53 Å². The van der Waals surface area contributed by atoms with E-state index in [2.05, 4.69) is 27.8 Å². The minimum atomic E-state index is -0.00978. The molecule has 5 nitrogen and oxygen atoms in total. The number of aryl methyl sites for hydroxylation is 1. The summed E-state index contributed by atoms with van der Waals surface area (Å²) in [4.78, 5) is 22.6. The van der Waals surface area contributed by atoms with E-state index in [1.807, 2.05) is 39.1 Å². The molecular formula is C29H37N3O2S. The van der Waals surface area contributed by atoms with Gasteiger partial charge in [-0.05, 0) is 89.5 Å². The Kier molecular flexibility index (Phi) is 9.05. The van der Waals surface area contributed by atoms with E-state index in [1.165, 1.54) is 31.3 Å². The molecule has 2 aliphatic rings. The Bertz CT molecular complexity index is 1100. The topological polar surface area (TPSA) is 64.1 Å². The standard InChI is InChI=1S/C29H37N3O2S/c1-20(2)26(28(33)30-14-13-22-8-5-4-6-9-22)17-24(16-25-10-7-15-34-25)27-19-35-29(32-27)23-12-11-21(3)31-18-23/h8,11-12,17-19,25H,4-7,9-10,13-16H2,1-3H3,(H,30,33)/b24-17+. The van der Waals surface area contributed by atoms with Crippen molar-refractivity contribution in [3.63, 3.8) is 0 Å². The fourth-order valence-corrected chi connectivity index (χ4v) is 5.45. The third-order valence-corrected chi connectivity index (χ3v) is 7.57. The maximum Gasteiger partial charge on any atom is 0.251 e. The Morgan fingerprint density at radius 1 is 1.26 bits per heavy atom. The lowest BCUT2D eigenvalue weighted by Crippen LogP contribution is -2.26. The van der Waals surface area contributed by atoms with E-state index in [-0.39, 0.29) is 12.0 Å². The van der Waals surface area contributed by atoms with Gasteiger partial charge < -0.3 is 10.1 Å². The minimum absolute atomic E-state index is 0.00978. The summed E-state index contributed by atoms with van der Waals surface area (Å²) in [6.07, 6.45) is 15.1. The quantitative estimate of drug-likeness (QED) is 0.238. The molecule has 1 amide bonds. The number of ether oxygens (including phenoxy) is 1. The van der Waals surface area contributed by atoms with Gasteiger partial charge >= 0.3 is 0 Å². The molecular weight excluding hydrogens is 454 g/mol. The third-order valence-electron chi connectivity index (χ3n) is 6.68. The van der Waals surface area contributed by atoms with Crippen LogP contribution in [0.5, 0.6) is 0 Å². The number of allylic oxidation sites excluding steroid dienone is 2. The molecule has 4 rings (SSSR count). The maximum atomic E-state index is 13.2. The predicted octanol–water partition coefficient (Wildman–Crippen LogP) is 6.81. The molecule has 35 heavy (non-hydrogen) atoms. The highest BCUT2D eigenvalue weighted by molar-refractivity contribution is 7.13. The van der Waals surface area contributed by atoms with Crippen LogP contribution < -0.4 is 5.32 Å². The molecule has 1 aliphatic carbocycles. The van der Waals surface area contributed by atoms with Gasteiger partial charge in [0.05, 0.1) is 11.8 Å². The zero-order chi connectivity index (χ0) is 24.6. The lowest BCUT2D eigenvalue weighted by atomic mass is 9.97. The van der Waals surface area contributed by atoms with Gasteiger partial charge in [0.1, 0.15) is 5.01 Å². The molecule has 1 aliphatic heterocycles. The highest BCUT2D eigenvalue weighted by atomic mass is 32.1. The van der Waals surface area contributed by atoms with Crippen LogP contribution in [0.15, 0.2) is 52.6 Å². The molecule has 2 aromatic rings. The number of aromatic nitrogens is 2. The number of carbonyl (C=O) groups is 1. The van der Waals surface area contributed by atoms with Crippen LogP contribution in [0.25, 0.3) is 16.1 Å². The summed E-state index contributed by atoms with van der Waals surface area (Å²) >= 11 is 1.61. The molecule has 0 saturated carbocycles. The van der Waals surface area contributed by atoms with E-state index in [0.29, 0.717) is 6.54 Å². The van der Waals surface area contributed by atoms with Crippen LogP contribution in [0.3, 0.4) is 0 Å². The number of hydrogen-bond acceptors (Lipinski definition) is 5. The Balaban J connectivity index is 1.54. The summed E-state index contributed by atoms with van der Waals surface area (Å²) in [5, 5.41) is 6.19. The highest BCUT2D eigenvalue weighted by Gasteiger charge is 2.21.